The fraction of sp³-hybridized carbons (Fsp3) is 0. The van der Waals surface area contributed by atoms with Gasteiger partial charge in [0.15, 0.2) is 0 Å². The van der Waals surface area contributed by atoms with E-state index in [1.54, 1.807) is 0 Å². The van der Waals surface area contributed by atoms with Crippen LogP contribution in [0.3, 0.4) is 0 Å². The first-order chi connectivity index (χ1) is 28.3. The normalized spacial score (nSPS) is 11.9. The fourth-order valence-corrected chi connectivity index (χ4v) is 9.43. The van der Waals surface area contributed by atoms with Crippen molar-refractivity contribution < 1.29 is 0 Å². The molecule has 12 rings (SSSR count). The van der Waals surface area contributed by atoms with Gasteiger partial charge in [-0.05, 0) is 95.1 Å². The van der Waals surface area contributed by atoms with E-state index in [1.807, 2.05) is 0 Å². The molecule has 3 nitrogen and oxygen atoms in total. The lowest BCUT2D eigenvalue weighted by atomic mass is 9.99. The molecule has 0 aliphatic carbocycles. The molecule has 0 amide bonds. The van der Waals surface area contributed by atoms with Gasteiger partial charge in [0.1, 0.15) is 0 Å². The van der Waals surface area contributed by atoms with Crippen LogP contribution in [0, 0.1) is 0 Å². The first-order valence-corrected chi connectivity index (χ1v) is 19.6. The highest BCUT2D eigenvalue weighted by molar-refractivity contribution is 6.29. The lowest BCUT2D eigenvalue weighted by Gasteiger charge is -2.12. The molecule has 0 saturated heterocycles. The molecule has 0 aliphatic rings. The van der Waals surface area contributed by atoms with E-state index < -0.39 is 0 Å². The van der Waals surface area contributed by atoms with Crippen molar-refractivity contribution >= 4 is 65.4 Å². The van der Waals surface area contributed by atoms with Gasteiger partial charge >= 0.3 is 0 Å². The Morgan fingerprint density at radius 1 is 0.228 bits per heavy atom. The molecule has 0 atom stereocenters. The third-order valence-electron chi connectivity index (χ3n) is 11.8. The average molecular weight is 726 g/mol. The van der Waals surface area contributed by atoms with Gasteiger partial charge in [-0.3, -0.25) is 0 Å². The summed E-state index contributed by atoms with van der Waals surface area (Å²) in [5.41, 5.74) is 15.5. The van der Waals surface area contributed by atoms with E-state index in [2.05, 4.69) is 226 Å². The van der Waals surface area contributed by atoms with Gasteiger partial charge in [-0.15, -0.1) is 0 Å². The van der Waals surface area contributed by atoms with Crippen molar-refractivity contribution in [1.29, 1.82) is 0 Å². The van der Waals surface area contributed by atoms with Crippen molar-refractivity contribution in [3.05, 3.63) is 212 Å². The Morgan fingerprint density at radius 2 is 0.649 bits per heavy atom. The molecule has 57 heavy (non-hydrogen) atoms. The topological polar surface area (TPSA) is 14.8 Å². The Kier molecular flexibility index (Phi) is 6.93. The summed E-state index contributed by atoms with van der Waals surface area (Å²) < 4.78 is 7.27. The lowest BCUT2D eigenvalue weighted by Crippen LogP contribution is -1.95. The minimum Gasteiger partial charge on any atom is -0.309 e. The van der Waals surface area contributed by atoms with Crippen LogP contribution >= 0.6 is 0 Å². The van der Waals surface area contributed by atoms with Gasteiger partial charge in [0, 0.05) is 49.4 Å². The molecule has 0 unspecified atom stereocenters. The summed E-state index contributed by atoms with van der Waals surface area (Å²) in [5, 5.41) is 7.59. The number of para-hydroxylation sites is 4. The van der Waals surface area contributed by atoms with E-state index in [0.717, 1.165) is 11.4 Å². The van der Waals surface area contributed by atoms with E-state index in [4.69, 9.17) is 0 Å². The van der Waals surface area contributed by atoms with Crippen LogP contribution in [0.1, 0.15) is 0 Å². The highest BCUT2D eigenvalue weighted by atomic mass is 15.0. The first kappa shape index (κ1) is 31.7. The van der Waals surface area contributed by atoms with Crippen molar-refractivity contribution in [2.24, 2.45) is 0 Å². The highest BCUT2D eigenvalue weighted by Gasteiger charge is 2.21. The van der Waals surface area contributed by atoms with E-state index in [9.17, 15) is 0 Å². The van der Waals surface area contributed by atoms with Gasteiger partial charge in [-0.2, -0.15) is 0 Å². The maximum absolute atomic E-state index is 2.44. The van der Waals surface area contributed by atoms with Crippen LogP contribution in [0.15, 0.2) is 212 Å². The summed E-state index contributed by atoms with van der Waals surface area (Å²) in [4.78, 5) is 0. The summed E-state index contributed by atoms with van der Waals surface area (Å²) in [5.74, 6) is 0. The standard InChI is InChI=1S/C54H35N3/c1-3-15-36(16-4-1)38-17-13-20-41(35-38)57-48-27-12-9-23-45(48)54-51(57)34-33-50-53(54)44-22-8-11-26-47(44)56(50)40-31-29-37(30-32-40)42-24-14-28-49-52(42)43-21-7-10-25-46(43)55(49)39-18-5-2-6-19-39/h1-35H. The van der Waals surface area contributed by atoms with E-state index in [0.29, 0.717) is 0 Å². The summed E-state index contributed by atoms with van der Waals surface area (Å²) in [6.07, 6.45) is 0. The second-order valence-corrected chi connectivity index (χ2v) is 14.9. The minimum atomic E-state index is 1.14. The Balaban J connectivity index is 1.05. The maximum atomic E-state index is 2.44. The third kappa shape index (κ3) is 4.73. The number of fused-ring (bicyclic) bond motifs is 10. The smallest absolute Gasteiger partial charge is 0.0548 e. The Labute approximate surface area is 329 Å². The molecule has 0 spiro atoms. The van der Waals surface area contributed by atoms with Crippen molar-refractivity contribution in [1.82, 2.24) is 13.7 Å². The van der Waals surface area contributed by atoms with E-state index in [-0.39, 0.29) is 0 Å². The molecular weight excluding hydrogens is 691 g/mol. The molecule has 0 N–H and O–H groups in total. The molecular formula is C54H35N3. The Hall–Kier alpha value is -7.62. The summed E-state index contributed by atoms with van der Waals surface area (Å²) in [6.45, 7) is 0. The molecule has 0 fully saturated rings. The molecule has 266 valence electrons. The average Bonchev–Trinajstić information content (AvgIpc) is 3.93. The van der Waals surface area contributed by atoms with Crippen molar-refractivity contribution in [3.8, 4) is 39.3 Å². The quantitative estimate of drug-likeness (QED) is 0.168. The summed E-state index contributed by atoms with van der Waals surface area (Å²) in [6, 6.07) is 77.3. The number of hydrogen-bond donors (Lipinski definition) is 0. The lowest BCUT2D eigenvalue weighted by molar-refractivity contribution is 1.17. The van der Waals surface area contributed by atoms with Gasteiger partial charge in [-0.25, -0.2) is 0 Å². The predicted molar refractivity (Wildman–Crippen MR) is 240 cm³/mol. The number of nitrogens with zero attached hydrogens (tertiary/aromatic N) is 3. The predicted octanol–water partition coefficient (Wildman–Crippen LogP) is 14.3. The number of rotatable bonds is 5. The number of hydrogen-bond acceptors (Lipinski definition) is 0. The SMILES string of the molecule is c1ccc(-c2cccc(-n3c4ccccc4c4c5c6ccccc6n(-c6ccc(-c7cccc8c7c7ccccc7n8-c7ccccc7)cc6)c5ccc43)c2)cc1. The van der Waals surface area contributed by atoms with Gasteiger partial charge in [0.05, 0.1) is 33.1 Å². The molecule has 12 aromatic rings. The second-order valence-electron chi connectivity index (χ2n) is 14.9. The van der Waals surface area contributed by atoms with Crippen molar-refractivity contribution in [2.45, 2.75) is 0 Å². The van der Waals surface area contributed by atoms with Crippen molar-refractivity contribution in [3.63, 3.8) is 0 Å². The van der Waals surface area contributed by atoms with Crippen LogP contribution in [0.5, 0.6) is 0 Å². The first-order valence-electron chi connectivity index (χ1n) is 19.6. The monoisotopic (exact) mass is 725 g/mol. The van der Waals surface area contributed by atoms with Gasteiger partial charge < -0.3 is 13.7 Å². The summed E-state index contributed by atoms with van der Waals surface area (Å²) in [7, 11) is 0. The zero-order valence-electron chi connectivity index (χ0n) is 31.0. The molecule has 0 bridgehead atoms. The van der Waals surface area contributed by atoms with E-state index in [1.165, 1.54) is 93.4 Å². The zero-order chi connectivity index (χ0) is 37.5. The number of benzene rings is 9. The molecule has 0 saturated carbocycles. The van der Waals surface area contributed by atoms with Crippen LogP contribution in [0.2, 0.25) is 0 Å². The maximum Gasteiger partial charge on any atom is 0.0548 e. The number of aromatic nitrogens is 3. The van der Waals surface area contributed by atoms with Crippen molar-refractivity contribution in [2.75, 3.05) is 0 Å². The Bertz CT molecular complexity index is 3490. The largest absolute Gasteiger partial charge is 0.309 e. The molecule has 3 heteroatoms. The molecule has 0 aliphatic heterocycles. The van der Waals surface area contributed by atoms with Gasteiger partial charge in [-0.1, -0.05) is 140 Å². The van der Waals surface area contributed by atoms with Crippen LogP contribution in [-0.4, -0.2) is 13.7 Å². The third-order valence-corrected chi connectivity index (χ3v) is 11.8. The van der Waals surface area contributed by atoms with Gasteiger partial charge in [0.2, 0.25) is 0 Å². The fourth-order valence-electron chi connectivity index (χ4n) is 9.43. The molecule has 0 radical (unpaired) electrons. The minimum absolute atomic E-state index is 1.14. The zero-order valence-corrected chi connectivity index (χ0v) is 31.0. The highest BCUT2D eigenvalue weighted by Crippen LogP contribution is 2.43. The van der Waals surface area contributed by atoms with E-state index >= 15 is 0 Å². The Morgan fingerprint density at radius 3 is 1.26 bits per heavy atom. The van der Waals surface area contributed by atoms with Crippen LogP contribution in [0.25, 0.3) is 105 Å². The molecule has 3 heterocycles. The summed E-state index contributed by atoms with van der Waals surface area (Å²) >= 11 is 0. The van der Waals surface area contributed by atoms with Gasteiger partial charge in [0.25, 0.3) is 0 Å². The van der Waals surface area contributed by atoms with Crippen LogP contribution < -0.4 is 0 Å². The van der Waals surface area contributed by atoms with Crippen LogP contribution in [-0.2, 0) is 0 Å². The molecule has 3 aromatic heterocycles. The second kappa shape index (κ2) is 12.5. The molecule has 9 aromatic carbocycles. The van der Waals surface area contributed by atoms with Crippen LogP contribution in [0.4, 0.5) is 0 Å².